The predicted octanol–water partition coefficient (Wildman–Crippen LogP) is 2.44. The van der Waals surface area contributed by atoms with Crippen molar-refractivity contribution in [1.29, 1.82) is 0 Å². The molecule has 1 saturated heterocycles. The van der Waals surface area contributed by atoms with Crippen LogP contribution < -0.4 is 10.5 Å². The fourth-order valence-corrected chi connectivity index (χ4v) is 4.22. The fraction of sp³-hybridized carbons (Fsp3) is 0.250. The summed E-state index contributed by atoms with van der Waals surface area (Å²) in [5, 5.41) is 8.08. The number of carbonyl (C=O) groups is 1. The van der Waals surface area contributed by atoms with Gasteiger partial charge < -0.3 is 9.80 Å². The van der Waals surface area contributed by atoms with E-state index in [0.29, 0.717) is 49.8 Å². The van der Waals surface area contributed by atoms with Crippen molar-refractivity contribution < 1.29 is 13.6 Å². The average molecular weight is 464 g/mol. The molecule has 0 unspecified atom stereocenters. The van der Waals surface area contributed by atoms with Gasteiger partial charge in [-0.25, -0.2) is 8.78 Å². The molecule has 0 spiro atoms. The third-order valence-corrected chi connectivity index (χ3v) is 6.02. The van der Waals surface area contributed by atoms with Crippen molar-refractivity contribution in [1.82, 2.24) is 24.1 Å². The Morgan fingerprint density at radius 1 is 0.941 bits per heavy atom. The Morgan fingerprint density at radius 3 is 2.50 bits per heavy atom. The second kappa shape index (κ2) is 9.05. The summed E-state index contributed by atoms with van der Waals surface area (Å²) in [6, 6.07) is 12.4. The van der Waals surface area contributed by atoms with Gasteiger partial charge in [-0.15, -0.1) is 10.2 Å². The number of anilines is 1. The summed E-state index contributed by atoms with van der Waals surface area (Å²) in [6.07, 6.45) is 3.69. The van der Waals surface area contributed by atoms with Gasteiger partial charge in [0.15, 0.2) is 0 Å². The Balaban J connectivity index is 1.24. The number of aryl methyl sites for hydroxylation is 1. The number of hydrogen-bond acceptors (Lipinski definition) is 5. The van der Waals surface area contributed by atoms with E-state index in [1.165, 1.54) is 35.0 Å². The van der Waals surface area contributed by atoms with E-state index in [4.69, 9.17) is 0 Å². The number of fused-ring (bicyclic) bond motifs is 1. The van der Waals surface area contributed by atoms with Crippen LogP contribution in [0.25, 0.3) is 11.3 Å². The van der Waals surface area contributed by atoms with Crippen molar-refractivity contribution in [3.8, 4) is 5.69 Å². The van der Waals surface area contributed by atoms with Crippen LogP contribution >= 0.6 is 0 Å². The molecule has 174 valence electrons. The van der Waals surface area contributed by atoms with E-state index in [1.807, 2.05) is 4.90 Å². The van der Waals surface area contributed by atoms with E-state index in [1.54, 1.807) is 39.8 Å². The third-order valence-electron chi connectivity index (χ3n) is 6.02. The quantitative estimate of drug-likeness (QED) is 0.454. The second-order valence-electron chi connectivity index (χ2n) is 8.08. The molecule has 1 aliphatic rings. The van der Waals surface area contributed by atoms with Crippen LogP contribution in [0.2, 0.25) is 0 Å². The molecule has 2 aromatic carbocycles. The molecule has 2 aromatic heterocycles. The summed E-state index contributed by atoms with van der Waals surface area (Å²) in [6.45, 7) is 2.12. The highest BCUT2D eigenvalue weighted by Crippen LogP contribution is 2.20. The molecule has 1 amide bonds. The first-order valence-corrected chi connectivity index (χ1v) is 11.0. The van der Waals surface area contributed by atoms with Crippen LogP contribution in [0.5, 0.6) is 0 Å². The lowest BCUT2D eigenvalue weighted by molar-refractivity contribution is -0.131. The average Bonchev–Trinajstić information content (AvgIpc) is 3.27. The fourth-order valence-electron chi connectivity index (χ4n) is 4.22. The van der Waals surface area contributed by atoms with Crippen molar-refractivity contribution in [2.75, 3.05) is 31.1 Å². The predicted molar refractivity (Wildman–Crippen MR) is 122 cm³/mol. The molecule has 10 heteroatoms. The lowest BCUT2D eigenvalue weighted by atomic mass is 10.2. The summed E-state index contributed by atoms with van der Waals surface area (Å²) in [7, 11) is 0. The molecule has 0 atom stereocenters. The van der Waals surface area contributed by atoms with Crippen LogP contribution in [-0.4, -0.2) is 56.2 Å². The maximum atomic E-state index is 14.0. The number of nitrogens with zero attached hydrogens (tertiary/aromatic N) is 6. The molecule has 3 heterocycles. The maximum Gasteiger partial charge on any atom is 0.300 e. The highest BCUT2D eigenvalue weighted by molar-refractivity contribution is 5.76. The molecule has 0 bridgehead atoms. The molecule has 0 saturated carbocycles. The first-order valence-electron chi connectivity index (χ1n) is 11.0. The molecule has 0 radical (unpaired) electrons. The second-order valence-corrected chi connectivity index (χ2v) is 8.08. The van der Waals surface area contributed by atoms with Gasteiger partial charge in [0, 0.05) is 51.4 Å². The zero-order valence-corrected chi connectivity index (χ0v) is 18.3. The van der Waals surface area contributed by atoms with Gasteiger partial charge in [0.25, 0.3) is 0 Å². The minimum atomic E-state index is -0.445. The highest BCUT2D eigenvalue weighted by Gasteiger charge is 2.23. The number of piperazine rings is 1. The number of aromatic nitrogens is 4. The number of carbonyl (C=O) groups excluding carboxylic acids is 1. The Labute approximate surface area is 193 Å². The normalized spacial score (nSPS) is 14.1. The van der Waals surface area contributed by atoms with Gasteiger partial charge in [-0.05, 0) is 30.3 Å². The van der Waals surface area contributed by atoms with Gasteiger partial charge in [-0.1, -0.05) is 18.2 Å². The standard InChI is InChI=1S/C24H22F2N6O2/c25-17-4-3-5-18(16-17)31-14-15-32-21(27-28-23(32)24(31)34)8-9-22(33)30-12-10-29(11-13-30)20-7-2-1-6-19(20)26/h1-7,14-16H,8-13H2. The molecule has 4 aromatic rings. The van der Waals surface area contributed by atoms with Crippen molar-refractivity contribution in [2.45, 2.75) is 12.8 Å². The molecule has 34 heavy (non-hydrogen) atoms. The van der Waals surface area contributed by atoms with Gasteiger partial charge in [0.05, 0.1) is 11.4 Å². The van der Waals surface area contributed by atoms with E-state index in [-0.39, 0.29) is 23.8 Å². The molecule has 0 N–H and O–H groups in total. The Bertz CT molecular complexity index is 1410. The number of benzene rings is 2. The molecule has 1 aliphatic heterocycles. The minimum Gasteiger partial charge on any atom is -0.366 e. The summed E-state index contributed by atoms with van der Waals surface area (Å²) < 4.78 is 30.4. The van der Waals surface area contributed by atoms with Crippen molar-refractivity contribution in [2.24, 2.45) is 0 Å². The Kier molecular flexibility index (Phi) is 5.79. The van der Waals surface area contributed by atoms with Gasteiger partial charge in [-0.2, -0.15) is 0 Å². The SMILES string of the molecule is O=C(CCc1nnc2c(=O)n(-c3cccc(F)c3)ccn12)N1CCN(c2ccccc2F)CC1. The Morgan fingerprint density at radius 2 is 1.74 bits per heavy atom. The van der Waals surface area contributed by atoms with Gasteiger partial charge in [0.2, 0.25) is 11.6 Å². The molecule has 8 nitrogen and oxygen atoms in total. The summed E-state index contributed by atoms with van der Waals surface area (Å²) in [5.41, 5.74) is 0.616. The lowest BCUT2D eigenvalue weighted by Crippen LogP contribution is -2.49. The van der Waals surface area contributed by atoms with E-state index >= 15 is 0 Å². The van der Waals surface area contributed by atoms with E-state index in [9.17, 15) is 18.4 Å². The zero-order valence-electron chi connectivity index (χ0n) is 18.3. The first-order chi connectivity index (χ1) is 16.5. The molecule has 1 fully saturated rings. The highest BCUT2D eigenvalue weighted by atomic mass is 19.1. The van der Waals surface area contributed by atoms with Crippen molar-refractivity contribution >= 4 is 17.2 Å². The Hall–Kier alpha value is -4.08. The smallest absolute Gasteiger partial charge is 0.300 e. The van der Waals surface area contributed by atoms with Crippen LogP contribution in [0, 0.1) is 11.6 Å². The van der Waals surface area contributed by atoms with Crippen LogP contribution in [-0.2, 0) is 11.2 Å². The van der Waals surface area contributed by atoms with E-state index in [2.05, 4.69) is 10.2 Å². The van der Waals surface area contributed by atoms with Crippen LogP contribution in [0.1, 0.15) is 12.2 Å². The van der Waals surface area contributed by atoms with E-state index < -0.39 is 11.4 Å². The number of rotatable bonds is 5. The summed E-state index contributed by atoms with van der Waals surface area (Å²) >= 11 is 0. The molecular weight excluding hydrogens is 442 g/mol. The topological polar surface area (TPSA) is 75.7 Å². The molecule has 0 aliphatic carbocycles. The number of halogens is 2. The van der Waals surface area contributed by atoms with Gasteiger partial charge >= 0.3 is 5.56 Å². The zero-order chi connectivity index (χ0) is 23.7. The van der Waals surface area contributed by atoms with Gasteiger partial charge in [0.1, 0.15) is 17.5 Å². The van der Waals surface area contributed by atoms with Crippen molar-refractivity contribution in [3.05, 3.63) is 88.7 Å². The van der Waals surface area contributed by atoms with Gasteiger partial charge in [-0.3, -0.25) is 18.6 Å². The number of para-hydroxylation sites is 1. The summed E-state index contributed by atoms with van der Waals surface area (Å²) in [4.78, 5) is 29.3. The van der Waals surface area contributed by atoms with Crippen LogP contribution in [0.3, 0.4) is 0 Å². The largest absolute Gasteiger partial charge is 0.366 e. The third kappa shape index (κ3) is 4.14. The first kappa shape index (κ1) is 21.7. The number of amides is 1. The monoisotopic (exact) mass is 464 g/mol. The van der Waals surface area contributed by atoms with Crippen molar-refractivity contribution in [3.63, 3.8) is 0 Å². The maximum absolute atomic E-state index is 14.0. The van der Waals surface area contributed by atoms with Crippen LogP contribution in [0.4, 0.5) is 14.5 Å². The van der Waals surface area contributed by atoms with E-state index in [0.717, 1.165) is 0 Å². The molecule has 5 rings (SSSR count). The lowest BCUT2D eigenvalue weighted by Gasteiger charge is -2.36. The summed E-state index contributed by atoms with van der Waals surface area (Å²) in [5.74, 6) is -0.244. The van der Waals surface area contributed by atoms with Crippen LogP contribution in [0.15, 0.2) is 65.7 Å². The number of hydrogen-bond donors (Lipinski definition) is 0. The minimum absolute atomic E-state index is 0.0296. The molecular formula is C24H22F2N6O2.